The third kappa shape index (κ3) is 5.22. The Balaban J connectivity index is 1.22. The lowest BCUT2D eigenvalue weighted by Crippen LogP contribution is -2.55. The fourth-order valence-electron chi connectivity index (χ4n) is 5.89. The molecule has 1 saturated heterocycles. The summed E-state index contributed by atoms with van der Waals surface area (Å²) >= 11 is 0. The van der Waals surface area contributed by atoms with E-state index in [0.717, 1.165) is 34.1 Å². The van der Waals surface area contributed by atoms with Gasteiger partial charge in [0.1, 0.15) is 0 Å². The molecule has 10 nitrogen and oxygen atoms in total. The van der Waals surface area contributed by atoms with Gasteiger partial charge in [0.05, 0.1) is 18.3 Å². The molecule has 10 heteroatoms. The van der Waals surface area contributed by atoms with Crippen molar-refractivity contribution < 1.29 is 19.4 Å². The molecule has 0 bridgehead atoms. The van der Waals surface area contributed by atoms with E-state index in [-0.39, 0.29) is 30.6 Å². The summed E-state index contributed by atoms with van der Waals surface area (Å²) in [6, 6.07) is 15.1. The first kappa shape index (κ1) is 25.8. The second kappa shape index (κ2) is 11.0. The second-order valence-corrected chi connectivity index (χ2v) is 10.6. The van der Waals surface area contributed by atoms with Crippen LogP contribution in [0.2, 0.25) is 0 Å². The predicted molar refractivity (Wildman–Crippen MR) is 150 cm³/mol. The quantitative estimate of drug-likeness (QED) is 0.324. The molecule has 0 spiro atoms. The van der Waals surface area contributed by atoms with Gasteiger partial charge in [0.25, 0.3) is 0 Å². The van der Waals surface area contributed by atoms with Gasteiger partial charge in [-0.2, -0.15) is 5.10 Å². The molecular weight excluding hydrogens is 508 g/mol. The van der Waals surface area contributed by atoms with Crippen molar-refractivity contribution in [2.75, 3.05) is 11.9 Å². The lowest BCUT2D eigenvalue weighted by Gasteiger charge is -2.44. The molecule has 2 aromatic carbocycles. The first-order chi connectivity index (χ1) is 19.5. The van der Waals surface area contributed by atoms with Crippen LogP contribution in [0.3, 0.4) is 0 Å². The maximum absolute atomic E-state index is 13.4. The number of aromatic nitrogens is 3. The number of para-hydroxylation sites is 1. The lowest BCUT2D eigenvalue weighted by atomic mass is 9.90. The number of carbonyl (C=O) groups excluding carboxylic acids is 2. The third-order valence-corrected chi connectivity index (χ3v) is 7.97. The summed E-state index contributed by atoms with van der Waals surface area (Å²) in [5.41, 5.74) is 5.88. The number of H-pyrrole nitrogens is 1. The van der Waals surface area contributed by atoms with Crippen molar-refractivity contribution >= 4 is 28.7 Å². The van der Waals surface area contributed by atoms with Crippen LogP contribution in [0.1, 0.15) is 41.5 Å². The average molecular weight is 541 g/mol. The molecule has 0 radical (unpaired) electrons. The Bertz CT molecular complexity index is 1550. The number of aliphatic hydroxyl groups excluding tert-OH is 1. The molecule has 2 aliphatic heterocycles. The Morgan fingerprint density at radius 1 is 1.18 bits per heavy atom. The predicted octanol–water partition coefficient (Wildman–Crippen LogP) is 4.77. The van der Waals surface area contributed by atoms with Gasteiger partial charge in [0, 0.05) is 48.5 Å². The minimum Gasteiger partial charge on any atom is -0.392 e. The van der Waals surface area contributed by atoms with Crippen LogP contribution in [0.4, 0.5) is 15.3 Å². The van der Waals surface area contributed by atoms with E-state index >= 15 is 0 Å². The summed E-state index contributed by atoms with van der Waals surface area (Å²) in [6.07, 6.45) is 5.63. The highest BCUT2D eigenvalue weighted by atomic mass is 16.6. The van der Waals surface area contributed by atoms with E-state index in [1.54, 1.807) is 17.0 Å². The van der Waals surface area contributed by atoms with Crippen LogP contribution >= 0.6 is 0 Å². The summed E-state index contributed by atoms with van der Waals surface area (Å²) in [5, 5.41) is 20.7. The number of nitrogens with zero attached hydrogens (tertiary/aromatic N) is 4. The highest BCUT2D eigenvalue weighted by molar-refractivity contribution is 5.92. The average Bonchev–Trinajstić information content (AvgIpc) is 3.45. The molecule has 2 aliphatic rings. The Kier molecular flexibility index (Phi) is 7.08. The Morgan fingerprint density at radius 2 is 2.05 bits per heavy atom. The van der Waals surface area contributed by atoms with Crippen LogP contribution in [-0.2, 0) is 19.6 Å². The van der Waals surface area contributed by atoms with Gasteiger partial charge in [-0.25, -0.2) is 14.6 Å². The van der Waals surface area contributed by atoms with E-state index < -0.39 is 6.09 Å². The number of nitrogens with one attached hydrogen (secondary N) is 2. The Morgan fingerprint density at radius 3 is 2.92 bits per heavy atom. The number of anilines is 1. The molecule has 3 amide bonds. The van der Waals surface area contributed by atoms with Gasteiger partial charge < -0.3 is 25.0 Å². The second-order valence-electron chi connectivity index (χ2n) is 10.6. The smallest absolute Gasteiger partial charge is 0.392 e. The number of urea groups is 1. The molecular formula is C30H32N6O4. The van der Waals surface area contributed by atoms with Crippen LogP contribution in [-0.4, -0.2) is 60.8 Å². The normalized spacial score (nSPS) is 18.9. The first-order valence-electron chi connectivity index (χ1n) is 13.6. The van der Waals surface area contributed by atoms with E-state index in [2.05, 4.69) is 39.6 Å². The maximum atomic E-state index is 13.4. The van der Waals surface area contributed by atoms with Gasteiger partial charge in [-0.3, -0.25) is 5.10 Å². The fourth-order valence-corrected chi connectivity index (χ4v) is 5.89. The minimum absolute atomic E-state index is 0.0173. The molecule has 206 valence electrons. The number of rotatable bonds is 6. The van der Waals surface area contributed by atoms with E-state index in [0.29, 0.717) is 37.9 Å². The number of piperidine rings is 1. The molecule has 3 N–H and O–H groups in total. The van der Waals surface area contributed by atoms with Crippen molar-refractivity contribution in [1.82, 2.24) is 25.0 Å². The summed E-state index contributed by atoms with van der Waals surface area (Å²) in [5.74, 6) is 0.158. The van der Waals surface area contributed by atoms with Gasteiger partial charge in [-0.1, -0.05) is 24.3 Å². The molecule has 4 heterocycles. The zero-order valence-corrected chi connectivity index (χ0v) is 22.3. The molecule has 40 heavy (non-hydrogen) atoms. The van der Waals surface area contributed by atoms with E-state index in [1.165, 1.54) is 11.8 Å². The van der Waals surface area contributed by atoms with E-state index in [4.69, 9.17) is 4.74 Å². The molecule has 4 aromatic rings. The standard InChI is InChI=1S/C30H32N6O4/c1-19-12-20(13-23-16-32-34-28(19)23)6-7-24-15-25(36-17-22-4-2-3-5-26(22)33-29(36)38)9-11-35(24)30(39)40-27-14-21(18-37)8-10-31-27/h2-5,8,10,12-14,16,24-25,37H,6-7,9,11,15,17-18H2,1H3,(H,32,34)(H,33,38). The van der Waals surface area contributed by atoms with Gasteiger partial charge in [-0.15, -0.1) is 0 Å². The SMILES string of the molecule is Cc1cc(CCC2CC(N3Cc4ccccc4NC3=O)CCN2C(=O)Oc2cc(CO)ccn2)cc2cn[nH]c12. The highest BCUT2D eigenvalue weighted by Crippen LogP contribution is 2.32. The monoisotopic (exact) mass is 540 g/mol. The molecule has 6 rings (SSSR count). The van der Waals surface area contributed by atoms with Crippen molar-refractivity contribution in [3.8, 4) is 5.88 Å². The topological polar surface area (TPSA) is 124 Å². The van der Waals surface area contributed by atoms with Crippen molar-refractivity contribution in [3.05, 3.63) is 83.2 Å². The number of carbonyl (C=O) groups is 2. The van der Waals surface area contributed by atoms with Crippen LogP contribution in [0, 0.1) is 6.92 Å². The number of hydrogen-bond donors (Lipinski definition) is 3. The van der Waals surface area contributed by atoms with Crippen LogP contribution < -0.4 is 10.1 Å². The van der Waals surface area contributed by atoms with Crippen molar-refractivity contribution in [1.29, 1.82) is 0 Å². The molecule has 2 unspecified atom stereocenters. The number of amides is 3. The number of aliphatic hydroxyl groups is 1. The summed E-state index contributed by atoms with van der Waals surface area (Å²) in [7, 11) is 0. The minimum atomic E-state index is -0.471. The van der Waals surface area contributed by atoms with Crippen molar-refractivity contribution in [2.45, 2.75) is 57.8 Å². The first-order valence-corrected chi connectivity index (χ1v) is 13.6. The van der Waals surface area contributed by atoms with Gasteiger partial charge in [0.15, 0.2) is 0 Å². The Hall–Kier alpha value is -4.44. The number of ether oxygens (including phenoxy) is 1. The largest absolute Gasteiger partial charge is 0.416 e. The Labute approximate surface area is 232 Å². The number of aryl methyl sites for hydroxylation is 2. The zero-order valence-electron chi connectivity index (χ0n) is 22.3. The number of aromatic amines is 1. The summed E-state index contributed by atoms with van der Waals surface area (Å²) in [4.78, 5) is 34.3. The number of pyridine rings is 1. The molecule has 0 aliphatic carbocycles. The van der Waals surface area contributed by atoms with Crippen molar-refractivity contribution in [2.24, 2.45) is 0 Å². The van der Waals surface area contributed by atoms with E-state index in [9.17, 15) is 14.7 Å². The number of hydrogen-bond acceptors (Lipinski definition) is 6. The van der Waals surface area contributed by atoms with Crippen LogP contribution in [0.15, 0.2) is 60.9 Å². The number of fused-ring (bicyclic) bond motifs is 2. The van der Waals surface area contributed by atoms with Gasteiger partial charge in [-0.05, 0) is 73.1 Å². The maximum Gasteiger partial charge on any atom is 0.416 e. The molecule has 0 saturated carbocycles. The molecule has 2 atom stereocenters. The molecule has 2 aromatic heterocycles. The summed E-state index contributed by atoms with van der Waals surface area (Å²) < 4.78 is 5.65. The highest BCUT2D eigenvalue weighted by Gasteiger charge is 2.38. The lowest BCUT2D eigenvalue weighted by molar-refractivity contribution is 0.0712. The zero-order chi connectivity index (χ0) is 27.6. The number of benzene rings is 2. The van der Waals surface area contributed by atoms with Gasteiger partial charge >= 0.3 is 12.1 Å². The van der Waals surface area contributed by atoms with Crippen molar-refractivity contribution in [3.63, 3.8) is 0 Å². The van der Waals surface area contributed by atoms with Crippen LogP contribution in [0.25, 0.3) is 10.9 Å². The fraction of sp³-hybridized carbons (Fsp3) is 0.333. The number of likely N-dealkylation sites (tertiary alicyclic amines) is 1. The van der Waals surface area contributed by atoms with E-state index in [1.807, 2.05) is 35.4 Å². The summed E-state index contributed by atoms with van der Waals surface area (Å²) in [6.45, 7) is 2.89. The van der Waals surface area contributed by atoms with Crippen LogP contribution in [0.5, 0.6) is 5.88 Å². The molecule has 1 fully saturated rings. The third-order valence-electron chi connectivity index (χ3n) is 7.97. The van der Waals surface area contributed by atoms with Gasteiger partial charge in [0.2, 0.25) is 5.88 Å².